The van der Waals surface area contributed by atoms with Crippen molar-refractivity contribution in [2.45, 2.75) is 43.7 Å². The largest absolute Gasteiger partial charge is 0.310 e. The Kier molecular flexibility index (Phi) is 3.29. The highest BCUT2D eigenvalue weighted by atomic mass is 35.5. The molecule has 3 aromatic rings. The number of nitrogens with zero attached hydrogens (tertiary/aromatic N) is 4. The fourth-order valence-corrected chi connectivity index (χ4v) is 4.14. The van der Waals surface area contributed by atoms with Gasteiger partial charge < -0.3 is 8.97 Å². The molecule has 4 unspecified atom stereocenters. The highest BCUT2D eigenvalue weighted by Gasteiger charge is 2.38. The average Bonchev–Trinajstić information content (AvgIpc) is 3.15. The number of halogens is 2. The van der Waals surface area contributed by atoms with Gasteiger partial charge in [0.15, 0.2) is 5.65 Å². The number of aromatic nitrogens is 4. The van der Waals surface area contributed by atoms with E-state index in [1.54, 1.807) is 12.3 Å². The van der Waals surface area contributed by atoms with Crippen LogP contribution >= 0.6 is 11.6 Å². The molecule has 1 saturated carbocycles. The van der Waals surface area contributed by atoms with Crippen LogP contribution in [-0.4, -0.2) is 25.1 Å². The van der Waals surface area contributed by atoms with Crippen molar-refractivity contribution < 1.29 is 4.39 Å². The summed E-state index contributed by atoms with van der Waals surface area (Å²) in [5.74, 6) is 1.29. The number of fused-ring (bicyclic) bond motifs is 2. The lowest BCUT2D eigenvalue weighted by Crippen LogP contribution is -2.22. The maximum Gasteiger partial charge on any atom is 0.155 e. The molecule has 0 saturated heterocycles. The number of hydrogen-bond acceptors (Lipinski definition) is 2. The van der Waals surface area contributed by atoms with Crippen molar-refractivity contribution in [2.75, 3.05) is 0 Å². The molecule has 128 valence electrons. The molecule has 1 aliphatic heterocycles. The van der Waals surface area contributed by atoms with Gasteiger partial charge in [-0.05, 0) is 31.1 Å². The Morgan fingerprint density at radius 3 is 2.64 bits per heavy atom. The van der Waals surface area contributed by atoms with Crippen LogP contribution in [0.3, 0.4) is 0 Å². The van der Waals surface area contributed by atoms with E-state index < -0.39 is 6.17 Å². The first-order valence-corrected chi connectivity index (χ1v) is 9.04. The molecule has 0 amide bonds. The first-order chi connectivity index (χ1) is 12.1. The van der Waals surface area contributed by atoms with Gasteiger partial charge in [0.05, 0.1) is 16.4 Å². The third-order valence-electron chi connectivity index (χ3n) is 5.58. The number of pyridine rings is 1. The normalized spacial score (nSPS) is 28.1. The van der Waals surface area contributed by atoms with Crippen molar-refractivity contribution in [3.8, 4) is 0 Å². The van der Waals surface area contributed by atoms with Gasteiger partial charge in [-0.2, -0.15) is 0 Å². The highest BCUT2D eigenvalue weighted by Crippen LogP contribution is 2.49. The van der Waals surface area contributed by atoms with Gasteiger partial charge in [0.2, 0.25) is 0 Å². The highest BCUT2D eigenvalue weighted by molar-refractivity contribution is 6.33. The quantitative estimate of drug-likeness (QED) is 0.662. The molecular weight excluding hydrogens is 339 g/mol. The molecule has 4 heterocycles. The van der Waals surface area contributed by atoms with Crippen molar-refractivity contribution in [1.29, 1.82) is 0 Å². The summed E-state index contributed by atoms with van der Waals surface area (Å²) >= 11 is 6.25. The molecule has 5 rings (SSSR count). The molecule has 6 heteroatoms. The smallest absolute Gasteiger partial charge is 0.155 e. The summed E-state index contributed by atoms with van der Waals surface area (Å²) in [7, 11) is 0. The van der Waals surface area contributed by atoms with Crippen LogP contribution in [0.5, 0.6) is 0 Å². The zero-order valence-corrected chi connectivity index (χ0v) is 14.6. The molecule has 4 atom stereocenters. The number of imidazole rings is 2. The van der Waals surface area contributed by atoms with E-state index in [-0.39, 0.29) is 5.92 Å². The molecule has 25 heavy (non-hydrogen) atoms. The molecule has 0 N–H and O–H groups in total. The monoisotopic (exact) mass is 356 g/mol. The number of rotatable bonds is 2. The fourth-order valence-electron chi connectivity index (χ4n) is 3.93. The Morgan fingerprint density at radius 2 is 1.92 bits per heavy atom. The summed E-state index contributed by atoms with van der Waals surface area (Å²) in [6, 6.07) is 3.78. The number of alkyl halides is 1. The summed E-state index contributed by atoms with van der Waals surface area (Å²) in [6.45, 7) is 1.89. The van der Waals surface area contributed by atoms with Crippen LogP contribution in [0.2, 0.25) is 5.02 Å². The van der Waals surface area contributed by atoms with Crippen LogP contribution in [0.4, 0.5) is 4.39 Å². The van der Waals surface area contributed by atoms with E-state index in [4.69, 9.17) is 21.6 Å². The Bertz CT molecular complexity index is 989. The van der Waals surface area contributed by atoms with E-state index in [0.29, 0.717) is 16.9 Å². The summed E-state index contributed by atoms with van der Waals surface area (Å²) in [6.07, 6.45) is 10.7. The summed E-state index contributed by atoms with van der Waals surface area (Å²) < 4.78 is 17.8. The van der Waals surface area contributed by atoms with Crippen LogP contribution < -0.4 is 0 Å². The van der Waals surface area contributed by atoms with Gasteiger partial charge in [0.1, 0.15) is 12.0 Å². The predicted molar refractivity (Wildman–Crippen MR) is 95.8 cm³/mol. The minimum atomic E-state index is -0.958. The maximum absolute atomic E-state index is 13.9. The molecule has 0 aromatic carbocycles. The summed E-state index contributed by atoms with van der Waals surface area (Å²) in [4.78, 5) is 9.50. The lowest BCUT2D eigenvalue weighted by atomic mass is 9.70. The van der Waals surface area contributed by atoms with Crippen molar-refractivity contribution in [3.63, 3.8) is 0 Å². The lowest BCUT2D eigenvalue weighted by Gasteiger charge is -2.34. The third-order valence-corrected chi connectivity index (χ3v) is 5.88. The van der Waals surface area contributed by atoms with Gasteiger partial charge >= 0.3 is 0 Å². The van der Waals surface area contributed by atoms with Gasteiger partial charge in [-0.15, -0.1) is 0 Å². The minimum absolute atomic E-state index is 0.203. The molecule has 4 nitrogen and oxygen atoms in total. The van der Waals surface area contributed by atoms with Crippen LogP contribution in [0, 0.1) is 0 Å². The Morgan fingerprint density at radius 1 is 1.16 bits per heavy atom. The second-order valence-electron chi connectivity index (χ2n) is 7.05. The molecule has 1 aliphatic carbocycles. The zero-order valence-electron chi connectivity index (χ0n) is 13.8. The number of allylic oxidation sites excluding steroid dienone is 1. The minimum Gasteiger partial charge on any atom is -0.310 e. The average molecular weight is 357 g/mol. The summed E-state index contributed by atoms with van der Waals surface area (Å²) in [5, 5.41) is 0.662. The standard InChI is InChI=1S/C19H18ClFN4/c1-11-15(21)6-8-25-10-16(22-18(11)25)12-4-5-13(12)17-9-24-7-2-3-14(20)19(24)23-17/h2-3,6-13,15H,4-5H2,1H3. The molecule has 3 aromatic heterocycles. The third kappa shape index (κ3) is 2.25. The molecule has 0 radical (unpaired) electrons. The second-order valence-corrected chi connectivity index (χ2v) is 7.46. The Labute approximate surface area is 150 Å². The van der Waals surface area contributed by atoms with E-state index in [0.717, 1.165) is 35.7 Å². The molecular formula is C19H18ClFN4. The Balaban J connectivity index is 1.49. The number of hydrogen-bond donors (Lipinski definition) is 0. The van der Waals surface area contributed by atoms with Crippen molar-refractivity contribution in [1.82, 2.24) is 18.9 Å². The van der Waals surface area contributed by atoms with E-state index in [1.807, 2.05) is 40.4 Å². The van der Waals surface area contributed by atoms with Gasteiger partial charge in [-0.25, -0.2) is 14.4 Å². The van der Waals surface area contributed by atoms with Crippen LogP contribution in [0.15, 0.2) is 36.8 Å². The van der Waals surface area contributed by atoms with E-state index in [9.17, 15) is 4.39 Å². The maximum atomic E-state index is 13.9. The molecule has 1 fully saturated rings. The van der Waals surface area contributed by atoms with Gasteiger partial charge in [-0.1, -0.05) is 18.5 Å². The first-order valence-electron chi connectivity index (χ1n) is 8.66. The van der Waals surface area contributed by atoms with Crippen LogP contribution in [-0.2, 0) is 0 Å². The summed E-state index contributed by atoms with van der Waals surface area (Å²) in [5.41, 5.74) is 2.90. The van der Waals surface area contributed by atoms with E-state index >= 15 is 0 Å². The van der Waals surface area contributed by atoms with Gasteiger partial charge in [0, 0.05) is 42.5 Å². The first kappa shape index (κ1) is 15.1. The Hall–Kier alpha value is -2.14. The van der Waals surface area contributed by atoms with Crippen molar-refractivity contribution in [3.05, 3.63) is 59.0 Å². The van der Waals surface area contributed by atoms with Crippen LogP contribution in [0.1, 0.15) is 54.7 Å². The second kappa shape index (κ2) is 5.43. The molecule has 2 aliphatic rings. The SMILES string of the molecule is CC1c2nc(C3CCC3c3cn4cccc(Cl)c4n3)cn2C=CC1F. The van der Waals surface area contributed by atoms with Crippen molar-refractivity contribution in [2.24, 2.45) is 0 Å². The molecule has 0 bridgehead atoms. The topological polar surface area (TPSA) is 35.1 Å². The molecule has 0 spiro atoms. The zero-order chi connectivity index (χ0) is 17.1. The fraction of sp³-hybridized carbons (Fsp3) is 0.368. The van der Waals surface area contributed by atoms with Crippen LogP contribution in [0.25, 0.3) is 11.8 Å². The van der Waals surface area contributed by atoms with Gasteiger partial charge in [-0.3, -0.25) is 0 Å². The van der Waals surface area contributed by atoms with E-state index in [2.05, 4.69) is 6.20 Å². The van der Waals surface area contributed by atoms with Gasteiger partial charge in [0.25, 0.3) is 0 Å². The predicted octanol–water partition coefficient (Wildman–Crippen LogP) is 4.77. The van der Waals surface area contributed by atoms with Crippen molar-refractivity contribution >= 4 is 23.4 Å². The van der Waals surface area contributed by atoms with E-state index in [1.165, 1.54) is 0 Å². The lowest BCUT2D eigenvalue weighted by molar-refractivity contribution is 0.330.